The van der Waals surface area contributed by atoms with Crippen LogP contribution in [0.3, 0.4) is 0 Å². The minimum absolute atomic E-state index is 0.163. The monoisotopic (exact) mass is 184 g/mol. The maximum atomic E-state index is 10.4. The number of aryl methyl sites for hydroxylation is 2. The van der Waals surface area contributed by atoms with Gasteiger partial charge in [0.2, 0.25) is 0 Å². The van der Waals surface area contributed by atoms with Crippen LogP contribution >= 0.6 is 11.3 Å². The maximum absolute atomic E-state index is 10.4. The van der Waals surface area contributed by atoms with E-state index in [1.54, 1.807) is 11.3 Å². The summed E-state index contributed by atoms with van der Waals surface area (Å²) in [5, 5.41) is 8.58. The number of carboxylic acid groups (broad SMARTS) is 1. The van der Waals surface area contributed by atoms with E-state index in [9.17, 15) is 4.79 Å². The highest BCUT2D eigenvalue weighted by molar-refractivity contribution is 7.12. The minimum atomic E-state index is -0.748. The molecule has 1 aromatic rings. The van der Waals surface area contributed by atoms with Crippen LogP contribution in [0.5, 0.6) is 0 Å². The van der Waals surface area contributed by atoms with Crippen molar-refractivity contribution in [2.75, 3.05) is 0 Å². The molecule has 1 aromatic heterocycles. The fourth-order valence-electron chi connectivity index (χ4n) is 1.08. The van der Waals surface area contributed by atoms with Gasteiger partial charge in [-0.3, -0.25) is 4.79 Å². The van der Waals surface area contributed by atoms with Gasteiger partial charge in [-0.05, 0) is 25.0 Å². The van der Waals surface area contributed by atoms with E-state index < -0.39 is 5.97 Å². The summed E-state index contributed by atoms with van der Waals surface area (Å²) >= 11 is 1.61. The molecule has 2 nitrogen and oxygen atoms in total. The number of thiophene rings is 1. The summed E-state index contributed by atoms with van der Waals surface area (Å²) in [6.45, 7) is 4.05. The van der Waals surface area contributed by atoms with Crippen molar-refractivity contribution in [2.24, 2.45) is 0 Å². The Balaban J connectivity index is 2.84. The molecule has 0 aliphatic carbocycles. The van der Waals surface area contributed by atoms with Crippen LogP contribution in [-0.2, 0) is 17.6 Å². The van der Waals surface area contributed by atoms with E-state index >= 15 is 0 Å². The molecule has 0 radical (unpaired) electrons. The molecule has 0 aromatic carbocycles. The van der Waals surface area contributed by atoms with Crippen molar-refractivity contribution >= 4 is 17.3 Å². The van der Waals surface area contributed by atoms with Crippen LogP contribution in [0.1, 0.15) is 22.2 Å². The van der Waals surface area contributed by atoms with Crippen molar-refractivity contribution in [3.05, 3.63) is 21.4 Å². The lowest BCUT2D eigenvalue weighted by atomic mass is 10.2. The smallest absolute Gasteiger partial charge is 0.308 e. The highest BCUT2D eigenvalue weighted by Crippen LogP contribution is 2.22. The average molecular weight is 184 g/mol. The minimum Gasteiger partial charge on any atom is -0.481 e. The van der Waals surface area contributed by atoms with Crippen LogP contribution in [0.25, 0.3) is 0 Å². The van der Waals surface area contributed by atoms with E-state index in [0.29, 0.717) is 0 Å². The van der Waals surface area contributed by atoms with E-state index in [0.717, 1.165) is 16.9 Å². The van der Waals surface area contributed by atoms with Gasteiger partial charge in [-0.25, -0.2) is 0 Å². The molecule has 1 N–H and O–H groups in total. The van der Waals surface area contributed by atoms with Gasteiger partial charge in [0, 0.05) is 9.75 Å². The first-order valence-electron chi connectivity index (χ1n) is 3.93. The van der Waals surface area contributed by atoms with Crippen LogP contribution in [0.15, 0.2) is 6.07 Å². The van der Waals surface area contributed by atoms with Crippen molar-refractivity contribution in [3.63, 3.8) is 0 Å². The predicted octanol–water partition coefficient (Wildman–Crippen LogP) is 2.25. The van der Waals surface area contributed by atoms with Crippen molar-refractivity contribution in [1.82, 2.24) is 0 Å². The van der Waals surface area contributed by atoms with Gasteiger partial charge in [0.15, 0.2) is 0 Å². The zero-order valence-electron chi connectivity index (χ0n) is 7.26. The first-order valence-corrected chi connectivity index (χ1v) is 4.75. The Hall–Kier alpha value is -0.830. The van der Waals surface area contributed by atoms with E-state index in [1.165, 1.54) is 4.88 Å². The van der Waals surface area contributed by atoms with Crippen LogP contribution < -0.4 is 0 Å². The molecule has 66 valence electrons. The molecule has 0 amide bonds. The van der Waals surface area contributed by atoms with Crippen LogP contribution in [0, 0.1) is 6.92 Å². The van der Waals surface area contributed by atoms with Gasteiger partial charge >= 0.3 is 5.97 Å². The topological polar surface area (TPSA) is 37.3 Å². The van der Waals surface area contributed by atoms with Gasteiger partial charge < -0.3 is 5.11 Å². The maximum Gasteiger partial charge on any atom is 0.308 e. The van der Waals surface area contributed by atoms with Gasteiger partial charge in [0.1, 0.15) is 0 Å². The number of carbonyl (C=O) groups is 1. The number of rotatable bonds is 3. The van der Waals surface area contributed by atoms with Crippen LogP contribution in [0.2, 0.25) is 0 Å². The molecule has 0 bridgehead atoms. The van der Waals surface area contributed by atoms with Crippen molar-refractivity contribution < 1.29 is 9.90 Å². The van der Waals surface area contributed by atoms with E-state index in [2.05, 4.69) is 13.0 Å². The number of carboxylic acids is 1. The second-order valence-corrected chi connectivity index (χ2v) is 3.96. The Morgan fingerprint density at radius 1 is 1.67 bits per heavy atom. The van der Waals surface area contributed by atoms with Crippen molar-refractivity contribution in [2.45, 2.75) is 26.7 Å². The first kappa shape index (κ1) is 9.26. The lowest BCUT2D eigenvalue weighted by molar-refractivity contribution is -0.136. The third-order valence-corrected chi connectivity index (χ3v) is 3.11. The van der Waals surface area contributed by atoms with E-state index in [4.69, 9.17) is 5.11 Å². The highest BCUT2D eigenvalue weighted by Gasteiger charge is 2.07. The molecule has 0 fully saturated rings. The summed E-state index contributed by atoms with van der Waals surface area (Å²) in [6.07, 6.45) is 1.15. The Labute approximate surface area is 75.9 Å². The summed E-state index contributed by atoms with van der Waals surface area (Å²) in [7, 11) is 0. The molecule has 1 rings (SSSR count). The van der Waals surface area contributed by atoms with Crippen molar-refractivity contribution in [3.8, 4) is 0 Å². The Morgan fingerprint density at radius 2 is 2.33 bits per heavy atom. The van der Waals surface area contributed by atoms with Gasteiger partial charge in [-0.2, -0.15) is 0 Å². The molecule has 12 heavy (non-hydrogen) atoms. The van der Waals surface area contributed by atoms with Gasteiger partial charge in [0.05, 0.1) is 6.42 Å². The molecular weight excluding hydrogens is 172 g/mol. The first-order chi connectivity index (χ1) is 5.63. The lowest BCUT2D eigenvalue weighted by Gasteiger charge is -1.91. The number of hydrogen-bond donors (Lipinski definition) is 1. The molecule has 0 atom stereocenters. The van der Waals surface area contributed by atoms with Gasteiger partial charge in [-0.15, -0.1) is 11.3 Å². The van der Waals surface area contributed by atoms with E-state index in [-0.39, 0.29) is 6.42 Å². The zero-order valence-corrected chi connectivity index (χ0v) is 8.07. The quantitative estimate of drug-likeness (QED) is 0.782. The van der Waals surface area contributed by atoms with Gasteiger partial charge in [0.25, 0.3) is 0 Å². The summed E-state index contributed by atoms with van der Waals surface area (Å²) < 4.78 is 0. The summed E-state index contributed by atoms with van der Waals surface area (Å²) in [4.78, 5) is 12.7. The zero-order chi connectivity index (χ0) is 9.14. The lowest BCUT2D eigenvalue weighted by Crippen LogP contribution is -1.98. The fourth-order valence-corrected chi connectivity index (χ4v) is 2.19. The standard InChI is InChI=1S/C9H12O2S/c1-3-7-4-6(2)8(12-7)5-9(10)11/h4H,3,5H2,1-2H3,(H,10,11). The number of hydrogen-bond acceptors (Lipinski definition) is 2. The number of aliphatic carboxylic acids is 1. The molecular formula is C9H12O2S. The fraction of sp³-hybridized carbons (Fsp3) is 0.444. The third-order valence-electron chi connectivity index (χ3n) is 1.73. The summed E-state index contributed by atoms with van der Waals surface area (Å²) in [5.74, 6) is -0.748. The second-order valence-electron chi connectivity index (χ2n) is 2.74. The second kappa shape index (κ2) is 3.72. The van der Waals surface area contributed by atoms with Crippen molar-refractivity contribution in [1.29, 1.82) is 0 Å². The normalized spacial score (nSPS) is 10.2. The summed E-state index contributed by atoms with van der Waals surface area (Å²) in [6, 6.07) is 2.07. The molecule has 3 heteroatoms. The van der Waals surface area contributed by atoms with Crippen LogP contribution in [0.4, 0.5) is 0 Å². The Morgan fingerprint density at radius 3 is 2.75 bits per heavy atom. The predicted molar refractivity (Wildman–Crippen MR) is 49.8 cm³/mol. The third kappa shape index (κ3) is 2.08. The Kier molecular flexibility index (Phi) is 2.87. The highest BCUT2D eigenvalue weighted by atomic mass is 32.1. The largest absolute Gasteiger partial charge is 0.481 e. The molecule has 0 saturated carbocycles. The average Bonchev–Trinajstić information content (AvgIpc) is 2.31. The molecule has 0 unspecified atom stereocenters. The molecule has 0 aliphatic heterocycles. The molecule has 0 spiro atoms. The SMILES string of the molecule is CCc1cc(C)c(CC(=O)O)s1. The summed E-state index contributed by atoms with van der Waals surface area (Å²) in [5.41, 5.74) is 1.11. The molecule has 0 saturated heterocycles. The van der Waals surface area contributed by atoms with Crippen LogP contribution in [-0.4, -0.2) is 11.1 Å². The van der Waals surface area contributed by atoms with Gasteiger partial charge in [-0.1, -0.05) is 6.92 Å². The Bertz CT molecular complexity index is 289. The molecule has 0 aliphatic rings. The molecule has 1 heterocycles. The van der Waals surface area contributed by atoms with E-state index in [1.807, 2.05) is 6.92 Å².